The number of esters is 1. The number of rotatable bonds is 8. The Morgan fingerprint density at radius 2 is 2.08 bits per heavy atom. The summed E-state index contributed by atoms with van der Waals surface area (Å²) in [6.07, 6.45) is 2.67. The Hall–Kier alpha value is -2.02. The number of alkyl halides is 1. The minimum absolute atomic E-state index is 0.192. The normalized spacial score (nSPS) is 12.0. The lowest BCUT2D eigenvalue weighted by atomic mass is 10.1. The van der Waals surface area contributed by atoms with Gasteiger partial charge in [-0.25, -0.2) is 4.79 Å². The van der Waals surface area contributed by atoms with E-state index in [0.29, 0.717) is 16.8 Å². The van der Waals surface area contributed by atoms with Crippen LogP contribution in [0.15, 0.2) is 18.2 Å². The number of nitrogens with one attached hydrogen (secondary N) is 2. The molecule has 2 aromatic rings. The smallest absolute Gasteiger partial charge is 0.356 e. The molecule has 0 radical (unpaired) electrons. The van der Waals surface area contributed by atoms with Crippen LogP contribution in [0.3, 0.4) is 0 Å². The fourth-order valence-electron chi connectivity index (χ4n) is 2.50. The third-order valence-corrected chi connectivity index (χ3v) is 4.70. The second-order valence-electron chi connectivity index (χ2n) is 5.61. The van der Waals surface area contributed by atoms with E-state index in [1.807, 2.05) is 0 Å². The summed E-state index contributed by atoms with van der Waals surface area (Å²) in [7, 11) is 1.57. The molecule has 0 aliphatic carbocycles. The zero-order valence-corrected chi connectivity index (χ0v) is 16.2. The number of hydrogen-bond donors (Lipinski definition) is 2. The maximum absolute atomic E-state index is 12.5. The molecule has 6 nitrogen and oxygen atoms in total. The summed E-state index contributed by atoms with van der Waals surface area (Å²) in [5.41, 5.74) is 1.37. The van der Waals surface area contributed by atoms with Crippen molar-refractivity contribution in [3.05, 3.63) is 23.9 Å². The molecule has 1 atom stereocenters. The van der Waals surface area contributed by atoms with Crippen LogP contribution in [0.5, 0.6) is 5.75 Å². The molecule has 0 bridgehead atoms. The molecule has 0 spiro atoms. The lowest BCUT2D eigenvalue weighted by Gasteiger charge is -2.11. The van der Waals surface area contributed by atoms with Gasteiger partial charge in [0.15, 0.2) is 0 Å². The molecule has 0 aliphatic heterocycles. The third kappa shape index (κ3) is 4.54. The van der Waals surface area contributed by atoms with Gasteiger partial charge in [0.2, 0.25) is 5.91 Å². The number of amides is 1. The maximum atomic E-state index is 12.5. The van der Waals surface area contributed by atoms with E-state index in [-0.39, 0.29) is 23.0 Å². The first kappa shape index (κ1) is 19.3. The van der Waals surface area contributed by atoms with Crippen molar-refractivity contribution in [3.63, 3.8) is 0 Å². The maximum Gasteiger partial charge on any atom is 0.356 e. The number of hydrogen-bond acceptors (Lipinski definition) is 4. The molecule has 1 aromatic carbocycles. The van der Waals surface area contributed by atoms with Gasteiger partial charge >= 0.3 is 5.97 Å². The lowest BCUT2D eigenvalue weighted by Crippen LogP contribution is -2.24. The number of halogens is 1. The van der Waals surface area contributed by atoms with Gasteiger partial charge in [0, 0.05) is 10.9 Å². The molecule has 25 heavy (non-hydrogen) atoms. The highest BCUT2D eigenvalue weighted by Crippen LogP contribution is 2.32. The predicted octanol–water partition coefficient (Wildman–Crippen LogP) is 4.25. The van der Waals surface area contributed by atoms with E-state index in [9.17, 15) is 9.59 Å². The van der Waals surface area contributed by atoms with Gasteiger partial charge in [-0.2, -0.15) is 0 Å². The average molecular weight is 411 g/mol. The molecule has 0 unspecified atom stereocenters. The number of carbonyl (C=O) groups is 2. The molecular formula is C18H23BrN2O4. The molecule has 0 saturated carbocycles. The first-order valence-corrected chi connectivity index (χ1v) is 9.25. The highest BCUT2D eigenvalue weighted by Gasteiger charge is 2.23. The number of ether oxygens (including phenoxy) is 2. The van der Waals surface area contributed by atoms with Crippen LogP contribution in [0.4, 0.5) is 5.69 Å². The predicted molar refractivity (Wildman–Crippen MR) is 102 cm³/mol. The van der Waals surface area contributed by atoms with E-state index in [0.717, 1.165) is 24.8 Å². The van der Waals surface area contributed by atoms with Gasteiger partial charge in [-0.15, -0.1) is 0 Å². The summed E-state index contributed by atoms with van der Waals surface area (Å²) in [6.45, 7) is 4.06. The standard InChI is InChI=1S/C18H23BrN2O4/c1-4-6-7-13(19)17(22)21-15-12-10-11(24-3)8-9-14(12)20-16(15)18(23)25-5-2/h8-10,13,20H,4-7H2,1-3H3,(H,21,22)/t13-/m0/s1. The highest BCUT2D eigenvalue weighted by molar-refractivity contribution is 9.10. The Kier molecular flexibility index (Phi) is 6.87. The molecule has 7 heteroatoms. The van der Waals surface area contributed by atoms with Gasteiger partial charge in [0.25, 0.3) is 0 Å². The number of methoxy groups -OCH3 is 1. The largest absolute Gasteiger partial charge is 0.497 e. The van der Waals surface area contributed by atoms with Crippen molar-refractivity contribution in [1.29, 1.82) is 0 Å². The fourth-order valence-corrected chi connectivity index (χ4v) is 2.94. The molecule has 1 heterocycles. The molecule has 2 rings (SSSR count). The number of fused-ring (bicyclic) bond motifs is 1. The van der Waals surface area contributed by atoms with Crippen LogP contribution in [0.2, 0.25) is 0 Å². The highest BCUT2D eigenvalue weighted by atomic mass is 79.9. The summed E-state index contributed by atoms with van der Waals surface area (Å²) in [5, 5.41) is 3.56. The van der Waals surface area contributed by atoms with Crippen molar-refractivity contribution in [3.8, 4) is 5.75 Å². The van der Waals surface area contributed by atoms with Gasteiger partial charge in [-0.05, 0) is 31.5 Å². The van der Waals surface area contributed by atoms with E-state index in [2.05, 4.69) is 33.2 Å². The molecule has 0 saturated heterocycles. The SMILES string of the molecule is CCCC[C@H](Br)C(=O)Nc1c(C(=O)OCC)[nH]c2ccc(OC)cc12. The lowest BCUT2D eigenvalue weighted by molar-refractivity contribution is -0.115. The molecule has 2 N–H and O–H groups in total. The molecule has 1 aromatic heterocycles. The first-order valence-electron chi connectivity index (χ1n) is 8.33. The number of aromatic nitrogens is 1. The van der Waals surface area contributed by atoms with Crippen molar-refractivity contribution in [1.82, 2.24) is 4.98 Å². The quantitative estimate of drug-likeness (QED) is 0.503. The first-order chi connectivity index (χ1) is 12.0. The monoisotopic (exact) mass is 410 g/mol. The van der Waals surface area contributed by atoms with Crippen LogP contribution in [-0.2, 0) is 9.53 Å². The zero-order valence-electron chi connectivity index (χ0n) is 14.6. The van der Waals surface area contributed by atoms with Crippen molar-refractivity contribution in [2.24, 2.45) is 0 Å². The number of benzene rings is 1. The van der Waals surface area contributed by atoms with Crippen LogP contribution >= 0.6 is 15.9 Å². The van der Waals surface area contributed by atoms with Crippen LogP contribution in [0, 0.1) is 0 Å². The summed E-state index contributed by atoms with van der Waals surface area (Å²) < 4.78 is 10.3. The second kappa shape index (κ2) is 8.89. The van der Waals surface area contributed by atoms with E-state index in [4.69, 9.17) is 9.47 Å². The van der Waals surface area contributed by atoms with Crippen molar-refractivity contribution < 1.29 is 19.1 Å². The number of aromatic amines is 1. The van der Waals surface area contributed by atoms with E-state index >= 15 is 0 Å². The number of carbonyl (C=O) groups excluding carboxylic acids is 2. The van der Waals surface area contributed by atoms with E-state index < -0.39 is 5.97 Å². The minimum Gasteiger partial charge on any atom is -0.497 e. The summed E-state index contributed by atoms with van der Waals surface area (Å²) >= 11 is 3.41. The number of anilines is 1. The summed E-state index contributed by atoms with van der Waals surface area (Å²) in [6, 6.07) is 5.36. The van der Waals surface area contributed by atoms with Gasteiger partial charge in [-0.1, -0.05) is 35.7 Å². The van der Waals surface area contributed by atoms with Crippen molar-refractivity contribution in [2.75, 3.05) is 19.0 Å². The number of unbranched alkanes of at least 4 members (excludes halogenated alkanes) is 1. The second-order valence-corrected chi connectivity index (χ2v) is 6.71. The summed E-state index contributed by atoms with van der Waals surface area (Å²) in [4.78, 5) is 27.5. The van der Waals surface area contributed by atoms with E-state index in [1.54, 1.807) is 32.2 Å². The molecule has 0 aliphatic rings. The Bertz CT molecular complexity index is 757. The Labute approximate surface area is 155 Å². The molecule has 0 fully saturated rings. The van der Waals surface area contributed by atoms with Gasteiger partial charge in [0.1, 0.15) is 11.4 Å². The van der Waals surface area contributed by atoms with Gasteiger partial charge in [0.05, 0.1) is 24.2 Å². The Morgan fingerprint density at radius 3 is 2.72 bits per heavy atom. The zero-order chi connectivity index (χ0) is 18.4. The fraction of sp³-hybridized carbons (Fsp3) is 0.444. The van der Waals surface area contributed by atoms with Gasteiger partial charge < -0.3 is 19.8 Å². The molecular weight excluding hydrogens is 388 g/mol. The average Bonchev–Trinajstić information content (AvgIpc) is 2.97. The number of H-pyrrole nitrogens is 1. The molecule has 136 valence electrons. The van der Waals surface area contributed by atoms with E-state index in [1.165, 1.54) is 0 Å². The van der Waals surface area contributed by atoms with Crippen LogP contribution in [0.25, 0.3) is 10.9 Å². The van der Waals surface area contributed by atoms with Crippen molar-refractivity contribution >= 4 is 44.4 Å². The molecule has 1 amide bonds. The third-order valence-electron chi connectivity index (χ3n) is 3.83. The topological polar surface area (TPSA) is 80.4 Å². The Balaban J connectivity index is 2.41. The van der Waals surface area contributed by atoms with Crippen LogP contribution < -0.4 is 10.1 Å². The minimum atomic E-state index is -0.507. The van der Waals surface area contributed by atoms with Crippen molar-refractivity contribution in [2.45, 2.75) is 37.9 Å². The van der Waals surface area contributed by atoms with Gasteiger partial charge in [-0.3, -0.25) is 4.79 Å². The Morgan fingerprint density at radius 1 is 1.32 bits per heavy atom. The van der Waals surface area contributed by atoms with Crippen LogP contribution in [0.1, 0.15) is 43.6 Å². The van der Waals surface area contributed by atoms with Crippen LogP contribution in [-0.4, -0.2) is 35.4 Å². The summed E-state index contributed by atoms with van der Waals surface area (Å²) in [5.74, 6) is -0.0610.